The largest absolute Gasteiger partial charge is 0.490 e. The summed E-state index contributed by atoms with van der Waals surface area (Å²) < 4.78 is 6.06. The molecule has 0 aromatic heterocycles. The lowest BCUT2D eigenvalue weighted by atomic mass is 10.2. The first-order valence-corrected chi connectivity index (χ1v) is 8.25. The standard InChI is InChI=1S/C17H29N3O/c1-3-19(4-2)14-15-21-17-9-6-5-8-16(17)20-12-7-10-18-11-13-20/h5-6,8-9,18H,3-4,7,10-15H2,1-2H3. The van der Waals surface area contributed by atoms with Crippen LogP contribution in [0.3, 0.4) is 0 Å². The molecule has 1 aliphatic rings. The van der Waals surface area contributed by atoms with Gasteiger partial charge in [0, 0.05) is 26.2 Å². The third kappa shape index (κ3) is 4.90. The lowest BCUT2D eigenvalue weighted by Crippen LogP contribution is -2.29. The van der Waals surface area contributed by atoms with Crippen LogP contribution >= 0.6 is 0 Å². The zero-order valence-electron chi connectivity index (χ0n) is 13.5. The minimum absolute atomic E-state index is 0.755. The summed E-state index contributed by atoms with van der Waals surface area (Å²) in [5, 5.41) is 3.45. The molecule has 4 heteroatoms. The van der Waals surface area contributed by atoms with Gasteiger partial charge in [0.15, 0.2) is 0 Å². The van der Waals surface area contributed by atoms with E-state index < -0.39 is 0 Å². The summed E-state index contributed by atoms with van der Waals surface area (Å²) in [4.78, 5) is 4.82. The van der Waals surface area contributed by atoms with Gasteiger partial charge in [0.1, 0.15) is 12.4 Å². The Morgan fingerprint density at radius 1 is 1.14 bits per heavy atom. The minimum atomic E-state index is 0.755. The van der Waals surface area contributed by atoms with E-state index in [1.807, 2.05) is 0 Å². The van der Waals surface area contributed by atoms with Gasteiger partial charge in [-0.25, -0.2) is 0 Å². The van der Waals surface area contributed by atoms with E-state index in [0.717, 1.165) is 58.2 Å². The molecule has 0 radical (unpaired) electrons. The highest BCUT2D eigenvalue weighted by Crippen LogP contribution is 2.28. The van der Waals surface area contributed by atoms with Crippen molar-refractivity contribution in [3.8, 4) is 5.75 Å². The first-order valence-electron chi connectivity index (χ1n) is 8.25. The van der Waals surface area contributed by atoms with Crippen molar-refractivity contribution in [2.45, 2.75) is 20.3 Å². The van der Waals surface area contributed by atoms with Crippen LogP contribution in [0.25, 0.3) is 0 Å². The normalized spacial score (nSPS) is 16.0. The Balaban J connectivity index is 1.96. The zero-order valence-corrected chi connectivity index (χ0v) is 13.5. The first kappa shape index (κ1) is 16.1. The quantitative estimate of drug-likeness (QED) is 0.833. The molecule has 0 aliphatic carbocycles. The fourth-order valence-electron chi connectivity index (χ4n) is 2.75. The number of nitrogens with one attached hydrogen (secondary N) is 1. The second-order valence-electron chi connectivity index (χ2n) is 5.43. The highest BCUT2D eigenvalue weighted by atomic mass is 16.5. The van der Waals surface area contributed by atoms with Gasteiger partial charge in [0.05, 0.1) is 5.69 Å². The smallest absolute Gasteiger partial charge is 0.142 e. The van der Waals surface area contributed by atoms with Gasteiger partial charge in [0.2, 0.25) is 0 Å². The van der Waals surface area contributed by atoms with E-state index in [1.54, 1.807) is 0 Å². The average Bonchev–Trinajstić information content (AvgIpc) is 2.81. The molecule has 0 atom stereocenters. The molecule has 2 rings (SSSR count). The van der Waals surface area contributed by atoms with Gasteiger partial charge in [-0.05, 0) is 38.2 Å². The molecule has 1 aromatic carbocycles. The molecule has 0 saturated carbocycles. The molecule has 0 bridgehead atoms. The molecule has 1 saturated heterocycles. The Hall–Kier alpha value is -1.26. The maximum atomic E-state index is 6.06. The van der Waals surface area contributed by atoms with Crippen molar-refractivity contribution >= 4 is 5.69 Å². The second kappa shape index (κ2) is 8.90. The number of hydrogen-bond donors (Lipinski definition) is 1. The first-order chi connectivity index (χ1) is 10.3. The maximum absolute atomic E-state index is 6.06. The van der Waals surface area contributed by atoms with Crippen LogP contribution in [-0.4, -0.2) is 57.3 Å². The Morgan fingerprint density at radius 2 is 1.95 bits per heavy atom. The minimum Gasteiger partial charge on any atom is -0.490 e. The monoisotopic (exact) mass is 291 g/mol. The van der Waals surface area contributed by atoms with Crippen LogP contribution in [0.15, 0.2) is 24.3 Å². The fraction of sp³-hybridized carbons (Fsp3) is 0.647. The Morgan fingerprint density at radius 3 is 2.76 bits per heavy atom. The number of anilines is 1. The van der Waals surface area contributed by atoms with Gasteiger partial charge < -0.3 is 19.9 Å². The third-order valence-electron chi connectivity index (χ3n) is 4.11. The summed E-state index contributed by atoms with van der Waals surface area (Å²) in [6.45, 7) is 12.6. The topological polar surface area (TPSA) is 27.7 Å². The maximum Gasteiger partial charge on any atom is 0.142 e. The van der Waals surface area contributed by atoms with Gasteiger partial charge in [-0.1, -0.05) is 26.0 Å². The number of para-hydroxylation sites is 2. The molecule has 0 spiro atoms. The van der Waals surface area contributed by atoms with Crippen LogP contribution in [-0.2, 0) is 0 Å². The van der Waals surface area contributed by atoms with E-state index >= 15 is 0 Å². The molecule has 0 amide bonds. The van der Waals surface area contributed by atoms with E-state index in [9.17, 15) is 0 Å². The molecule has 4 nitrogen and oxygen atoms in total. The molecular weight excluding hydrogens is 262 g/mol. The Labute approximate surface area is 129 Å². The summed E-state index contributed by atoms with van der Waals surface area (Å²) in [6.07, 6.45) is 1.19. The van der Waals surface area contributed by atoms with E-state index in [1.165, 1.54) is 12.1 Å². The van der Waals surface area contributed by atoms with Crippen molar-refractivity contribution in [3.63, 3.8) is 0 Å². The van der Waals surface area contributed by atoms with Crippen LogP contribution < -0.4 is 15.0 Å². The van der Waals surface area contributed by atoms with Crippen molar-refractivity contribution in [1.82, 2.24) is 10.2 Å². The van der Waals surface area contributed by atoms with Crippen molar-refractivity contribution < 1.29 is 4.74 Å². The molecule has 1 fully saturated rings. The van der Waals surface area contributed by atoms with Gasteiger partial charge in [-0.2, -0.15) is 0 Å². The van der Waals surface area contributed by atoms with Crippen molar-refractivity contribution in [1.29, 1.82) is 0 Å². The molecule has 1 aliphatic heterocycles. The molecule has 21 heavy (non-hydrogen) atoms. The summed E-state index contributed by atoms with van der Waals surface area (Å²) >= 11 is 0. The predicted octanol–water partition coefficient (Wildman–Crippen LogP) is 2.21. The fourth-order valence-corrected chi connectivity index (χ4v) is 2.75. The van der Waals surface area contributed by atoms with Crippen LogP contribution in [0.1, 0.15) is 20.3 Å². The van der Waals surface area contributed by atoms with Crippen LogP contribution in [0, 0.1) is 0 Å². The van der Waals surface area contributed by atoms with E-state index in [4.69, 9.17) is 4.74 Å². The lowest BCUT2D eigenvalue weighted by molar-refractivity contribution is 0.223. The molecule has 118 valence electrons. The molecule has 1 N–H and O–H groups in total. The molecule has 0 unspecified atom stereocenters. The predicted molar refractivity (Wildman–Crippen MR) is 89.4 cm³/mol. The van der Waals surface area contributed by atoms with Crippen molar-refractivity contribution in [2.24, 2.45) is 0 Å². The highest BCUT2D eigenvalue weighted by Gasteiger charge is 2.13. The summed E-state index contributed by atoms with van der Waals surface area (Å²) in [5.41, 5.74) is 1.24. The van der Waals surface area contributed by atoms with Gasteiger partial charge in [-0.3, -0.25) is 0 Å². The van der Waals surface area contributed by atoms with E-state index in [2.05, 4.69) is 53.2 Å². The van der Waals surface area contributed by atoms with Gasteiger partial charge in [0.25, 0.3) is 0 Å². The zero-order chi connectivity index (χ0) is 14.9. The van der Waals surface area contributed by atoms with E-state index in [0.29, 0.717) is 0 Å². The molecular formula is C17H29N3O. The number of likely N-dealkylation sites (N-methyl/N-ethyl adjacent to an activating group) is 1. The SMILES string of the molecule is CCN(CC)CCOc1ccccc1N1CCCNCC1. The summed E-state index contributed by atoms with van der Waals surface area (Å²) in [5.74, 6) is 1.02. The summed E-state index contributed by atoms with van der Waals surface area (Å²) in [6, 6.07) is 8.44. The number of benzene rings is 1. The number of hydrogen-bond acceptors (Lipinski definition) is 4. The van der Waals surface area contributed by atoms with Crippen LogP contribution in [0.5, 0.6) is 5.75 Å². The van der Waals surface area contributed by atoms with Gasteiger partial charge in [-0.15, -0.1) is 0 Å². The summed E-state index contributed by atoms with van der Waals surface area (Å²) in [7, 11) is 0. The van der Waals surface area contributed by atoms with Crippen molar-refractivity contribution in [2.75, 3.05) is 57.3 Å². The Kier molecular flexibility index (Phi) is 6.83. The van der Waals surface area contributed by atoms with Crippen LogP contribution in [0.4, 0.5) is 5.69 Å². The number of nitrogens with zero attached hydrogens (tertiary/aromatic N) is 2. The third-order valence-corrected chi connectivity index (χ3v) is 4.11. The average molecular weight is 291 g/mol. The second-order valence-corrected chi connectivity index (χ2v) is 5.43. The van der Waals surface area contributed by atoms with Gasteiger partial charge >= 0.3 is 0 Å². The Bertz CT molecular complexity index is 399. The highest BCUT2D eigenvalue weighted by molar-refractivity contribution is 5.58. The number of rotatable bonds is 7. The van der Waals surface area contributed by atoms with E-state index in [-0.39, 0.29) is 0 Å². The lowest BCUT2D eigenvalue weighted by Gasteiger charge is -2.25. The molecule has 1 heterocycles. The van der Waals surface area contributed by atoms with Crippen LogP contribution in [0.2, 0.25) is 0 Å². The number of ether oxygens (including phenoxy) is 1. The molecule has 1 aromatic rings. The van der Waals surface area contributed by atoms with Crippen molar-refractivity contribution in [3.05, 3.63) is 24.3 Å².